The number of alkyl halides is 1. The first-order valence-electron chi connectivity index (χ1n) is 12.0. The van der Waals surface area contributed by atoms with E-state index in [1.165, 1.54) is 6.92 Å². The Kier molecular flexibility index (Phi) is 10.1. The summed E-state index contributed by atoms with van der Waals surface area (Å²) in [5, 5.41) is -0.580. The quantitative estimate of drug-likeness (QED) is 0.233. The van der Waals surface area contributed by atoms with Gasteiger partial charge in [-0.15, -0.1) is 0 Å². The molecule has 6 nitrogen and oxygen atoms in total. The van der Waals surface area contributed by atoms with Gasteiger partial charge in [0.25, 0.3) is 0 Å². The molecule has 1 heterocycles. The number of esters is 1. The Bertz CT molecular complexity index is 1050. The minimum absolute atomic E-state index is 0.286. The van der Waals surface area contributed by atoms with Crippen LogP contribution in [-0.4, -0.2) is 42.0 Å². The predicted octanol–water partition coefficient (Wildman–Crippen LogP) is 5.43. The molecular weight excluding hydrogens is 524 g/mol. The maximum atomic E-state index is 12.0. The molecule has 0 aliphatic carbocycles. The van der Waals surface area contributed by atoms with Crippen LogP contribution in [0.25, 0.3) is 0 Å². The van der Waals surface area contributed by atoms with Crippen molar-refractivity contribution >= 4 is 21.9 Å². The van der Waals surface area contributed by atoms with Gasteiger partial charge >= 0.3 is 5.97 Å². The second-order valence-corrected chi connectivity index (χ2v) is 9.53. The Morgan fingerprint density at radius 3 is 1.69 bits per heavy atom. The van der Waals surface area contributed by atoms with Crippen molar-refractivity contribution < 1.29 is 28.5 Å². The van der Waals surface area contributed by atoms with Crippen LogP contribution in [0.15, 0.2) is 91.0 Å². The molecular formula is C29H31BrO6. The second-order valence-electron chi connectivity index (χ2n) is 8.62. The van der Waals surface area contributed by atoms with Crippen LogP contribution >= 0.6 is 15.9 Å². The van der Waals surface area contributed by atoms with Crippen molar-refractivity contribution in [3.8, 4) is 0 Å². The van der Waals surface area contributed by atoms with E-state index in [2.05, 4.69) is 15.9 Å². The third-order valence-electron chi connectivity index (χ3n) is 5.84. The fourth-order valence-corrected chi connectivity index (χ4v) is 4.79. The molecule has 0 spiro atoms. The second kappa shape index (κ2) is 13.7. The Morgan fingerprint density at radius 1 is 0.722 bits per heavy atom. The van der Waals surface area contributed by atoms with Crippen molar-refractivity contribution in [3.63, 3.8) is 0 Å². The van der Waals surface area contributed by atoms with E-state index in [1.807, 2.05) is 91.0 Å². The first kappa shape index (κ1) is 26.5. The number of carbonyl (C=O) groups excluding carboxylic acids is 1. The number of hydrogen-bond donors (Lipinski definition) is 0. The summed E-state index contributed by atoms with van der Waals surface area (Å²) < 4.78 is 30.7. The average Bonchev–Trinajstić information content (AvgIpc) is 2.90. The average molecular weight is 555 g/mol. The van der Waals surface area contributed by atoms with E-state index in [0.29, 0.717) is 19.8 Å². The van der Waals surface area contributed by atoms with Crippen LogP contribution in [0.1, 0.15) is 23.6 Å². The Balaban J connectivity index is 1.53. The third-order valence-corrected chi connectivity index (χ3v) is 6.58. The zero-order chi connectivity index (χ0) is 25.2. The van der Waals surface area contributed by atoms with E-state index >= 15 is 0 Å². The molecule has 1 aliphatic heterocycles. The Labute approximate surface area is 220 Å². The summed E-state index contributed by atoms with van der Waals surface area (Å²) in [6.45, 7) is 2.81. The van der Waals surface area contributed by atoms with Gasteiger partial charge in [-0.05, 0) is 16.7 Å². The number of carbonyl (C=O) groups is 1. The van der Waals surface area contributed by atoms with E-state index in [0.717, 1.165) is 16.7 Å². The molecule has 7 heteroatoms. The van der Waals surface area contributed by atoms with Gasteiger partial charge in [0.2, 0.25) is 0 Å². The van der Waals surface area contributed by atoms with Crippen molar-refractivity contribution in [2.75, 3.05) is 6.61 Å². The van der Waals surface area contributed by atoms with Gasteiger partial charge in [-0.2, -0.15) is 0 Å². The number of hydrogen-bond acceptors (Lipinski definition) is 6. The van der Waals surface area contributed by atoms with Crippen LogP contribution < -0.4 is 0 Å². The minimum atomic E-state index is -0.697. The summed E-state index contributed by atoms with van der Waals surface area (Å²) in [5.74, 6) is -0.415. The van der Waals surface area contributed by atoms with E-state index in [9.17, 15) is 4.79 Å². The van der Waals surface area contributed by atoms with Crippen LogP contribution in [0.5, 0.6) is 0 Å². The molecule has 36 heavy (non-hydrogen) atoms. The number of halogens is 1. The highest BCUT2D eigenvalue weighted by Crippen LogP contribution is 2.32. The largest absolute Gasteiger partial charge is 0.456 e. The van der Waals surface area contributed by atoms with E-state index < -0.39 is 35.4 Å². The molecule has 0 amide bonds. The summed E-state index contributed by atoms with van der Waals surface area (Å²) >= 11 is 3.56. The number of benzene rings is 3. The lowest BCUT2D eigenvalue weighted by Crippen LogP contribution is -2.60. The predicted molar refractivity (Wildman–Crippen MR) is 139 cm³/mol. The standard InChI is InChI=1S/C29H31BrO6/c1-21(31)35-28-27(34-19-24-15-9-4-10-16-24)26(33-18-23-13-7-3-8-14-23)25(36-29(28)30)20-32-17-22-11-5-2-6-12-22/h2-16,25-29H,17-20H2,1H3/t25-,26+,27+,28-,29+/m1/s1. The van der Waals surface area contributed by atoms with E-state index in [-0.39, 0.29) is 6.61 Å². The lowest BCUT2D eigenvalue weighted by Gasteiger charge is -2.44. The highest BCUT2D eigenvalue weighted by atomic mass is 79.9. The van der Waals surface area contributed by atoms with Gasteiger partial charge < -0.3 is 23.7 Å². The maximum Gasteiger partial charge on any atom is 0.303 e. The number of rotatable bonds is 11. The van der Waals surface area contributed by atoms with Crippen molar-refractivity contribution in [2.45, 2.75) is 56.2 Å². The summed E-state index contributed by atoms with van der Waals surface area (Å²) in [5.41, 5.74) is 3.10. The number of ether oxygens (including phenoxy) is 5. The SMILES string of the molecule is CC(=O)O[C@@H]1[C@@H](OCc2ccccc2)[C@@H](OCc2ccccc2)[C@@H](COCc2ccccc2)O[C@@H]1Br. The van der Waals surface area contributed by atoms with Crippen molar-refractivity contribution in [2.24, 2.45) is 0 Å². The Morgan fingerprint density at radius 2 is 1.19 bits per heavy atom. The summed E-state index contributed by atoms with van der Waals surface area (Å²) in [4.78, 5) is 12.0. The molecule has 5 atom stereocenters. The highest BCUT2D eigenvalue weighted by Gasteiger charge is 2.48. The molecule has 0 unspecified atom stereocenters. The normalized spacial score (nSPS) is 23.8. The molecule has 0 bridgehead atoms. The van der Waals surface area contributed by atoms with Crippen molar-refractivity contribution in [3.05, 3.63) is 108 Å². The molecule has 1 fully saturated rings. The molecule has 3 aromatic rings. The molecule has 0 radical (unpaired) electrons. The van der Waals surface area contributed by atoms with Gasteiger partial charge in [0.05, 0.1) is 26.4 Å². The fourth-order valence-electron chi connectivity index (χ4n) is 4.11. The molecule has 0 aromatic heterocycles. The molecule has 1 aliphatic rings. The molecule has 190 valence electrons. The lowest BCUT2D eigenvalue weighted by atomic mass is 9.99. The molecule has 3 aromatic carbocycles. The lowest BCUT2D eigenvalue weighted by molar-refractivity contribution is -0.247. The zero-order valence-electron chi connectivity index (χ0n) is 20.2. The van der Waals surface area contributed by atoms with Gasteiger partial charge in [-0.3, -0.25) is 4.79 Å². The van der Waals surface area contributed by atoms with Crippen LogP contribution in [0.4, 0.5) is 0 Å². The van der Waals surface area contributed by atoms with Crippen LogP contribution in [0.3, 0.4) is 0 Å². The monoisotopic (exact) mass is 554 g/mol. The molecule has 0 saturated carbocycles. The topological polar surface area (TPSA) is 63.2 Å². The zero-order valence-corrected chi connectivity index (χ0v) is 21.8. The minimum Gasteiger partial charge on any atom is -0.456 e. The fraction of sp³-hybridized carbons (Fsp3) is 0.345. The van der Waals surface area contributed by atoms with E-state index in [4.69, 9.17) is 23.7 Å². The van der Waals surface area contributed by atoms with E-state index in [1.54, 1.807) is 0 Å². The molecule has 4 rings (SSSR count). The molecule has 0 N–H and O–H groups in total. The summed E-state index contributed by atoms with van der Waals surface area (Å²) in [7, 11) is 0. The highest BCUT2D eigenvalue weighted by molar-refractivity contribution is 9.09. The Hall–Kier alpha value is -2.55. The van der Waals surface area contributed by atoms with Crippen molar-refractivity contribution in [1.82, 2.24) is 0 Å². The van der Waals surface area contributed by atoms with Gasteiger partial charge in [0.15, 0.2) is 11.1 Å². The molecule has 1 saturated heterocycles. The first-order chi connectivity index (χ1) is 17.6. The van der Waals surface area contributed by atoms with Gasteiger partial charge in [0, 0.05) is 6.92 Å². The first-order valence-corrected chi connectivity index (χ1v) is 12.9. The van der Waals surface area contributed by atoms with Crippen molar-refractivity contribution in [1.29, 1.82) is 0 Å². The van der Waals surface area contributed by atoms with Crippen LogP contribution in [0, 0.1) is 0 Å². The van der Waals surface area contributed by atoms with Gasteiger partial charge in [-0.1, -0.05) is 107 Å². The van der Waals surface area contributed by atoms with Crippen LogP contribution in [0.2, 0.25) is 0 Å². The smallest absolute Gasteiger partial charge is 0.303 e. The van der Waals surface area contributed by atoms with Gasteiger partial charge in [0.1, 0.15) is 18.3 Å². The third kappa shape index (κ3) is 7.72. The van der Waals surface area contributed by atoms with Gasteiger partial charge in [-0.25, -0.2) is 0 Å². The summed E-state index contributed by atoms with van der Waals surface area (Å²) in [6.07, 6.45) is -2.27. The van der Waals surface area contributed by atoms with Crippen LogP contribution in [-0.2, 0) is 48.3 Å². The maximum absolute atomic E-state index is 12.0. The summed E-state index contributed by atoms with van der Waals surface area (Å²) in [6, 6.07) is 29.7.